The predicted octanol–water partition coefficient (Wildman–Crippen LogP) is 3.97. The monoisotopic (exact) mass is 303 g/mol. The topological polar surface area (TPSA) is 59.6 Å². The molecule has 104 valence electrons. The zero-order valence-corrected chi connectivity index (χ0v) is 11.4. The molecule has 0 spiro atoms. The highest BCUT2D eigenvalue weighted by molar-refractivity contribution is 6.30. The second kappa shape index (κ2) is 6.21. The number of rotatable bonds is 3. The van der Waals surface area contributed by atoms with Gasteiger partial charge >= 0.3 is 0 Å². The van der Waals surface area contributed by atoms with Crippen molar-refractivity contribution in [1.29, 1.82) is 10.5 Å². The molecule has 0 unspecified atom stereocenters. The quantitative estimate of drug-likeness (QED) is 0.933. The van der Waals surface area contributed by atoms with Crippen LogP contribution in [0.4, 0.5) is 14.5 Å². The van der Waals surface area contributed by atoms with Gasteiger partial charge in [-0.05, 0) is 30.3 Å². The second-order valence-electron chi connectivity index (χ2n) is 4.19. The van der Waals surface area contributed by atoms with Crippen LogP contribution < -0.4 is 5.32 Å². The molecule has 0 saturated carbocycles. The number of nitrogens with one attached hydrogen (secondary N) is 1. The average molecular weight is 304 g/mol. The zero-order chi connectivity index (χ0) is 15.4. The Morgan fingerprint density at radius 2 is 1.71 bits per heavy atom. The van der Waals surface area contributed by atoms with Crippen LogP contribution in [-0.4, -0.2) is 0 Å². The van der Waals surface area contributed by atoms with Crippen molar-refractivity contribution < 1.29 is 8.78 Å². The molecule has 2 aromatic carbocycles. The molecule has 1 N–H and O–H groups in total. The van der Waals surface area contributed by atoms with Crippen LogP contribution in [0.25, 0.3) is 0 Å². The SMILES string of the molecule is N#Cc1cc(F)c(CNc2cc(Cl)ccc2C#N)c(F)c1. The van der Waals surface area contributed by atoms with E-state index < -0.39 is 11.6 Å². The lowest BCUT2D eigenvalue weighted by Crippen LogP contribution is -2.06. The van der Waals surface area contributed by atoms with Gasteiger partial charge in [-0.2, -0.15) is 10.5 Å². The van der Waals surface area contributed by atoms with Crippen LogP contribution in [0.1, 0.15) is 16.7 Å². The number of hydrogen-bond donors (Lipinski definition) is 1. The van der Waals surface area contributed by atoms with Crippen molar-refractivity contribution in [1.82, 2.24) is 0 Å². The van der Waals surface area contributed by atoms with Crippen LogP contribution in [-0.2, 0) is 6.54 Å². The molecule has 0 atom stereocenters. The molecule has 0 aliphatic heterocycles. The first-order valence-electron chi connectivity index (χ1n) is 5.86. The van der Waals surface area contributed by atoms with Gasteiger partial charge in [0.25, 0.3) is 0 Å². The Kier molecular flexibility index (Phi) is 4.37. The standard InChI is InChI=1S/C15H8ClF2N3/c16-11-2-1-10(7-20)15(5-11)21-8-12-13(17)3-9(6-19)4-14(12)18/h1-5,21H,8H2. The van der Waals surface area contributed by atoms with Crippen LogP contribution in [0.5, 0.6) is 0 Å². The van der Waals surface area contributed by atoms with Gasteiger partial charge in [-0.3, -0.25) is 0 Å². The number of halogens is 3. The van der Waals surface area contributed by atoms with E-state index in [9.17, 15) is 8.78 Å². The molecule has 0 aliphatic rings. The van der Waals surface area contributed by atoms with E-state index in [1.54, 1.807) is 12.1 Å². The summed E-state index contributed by atoms with van der Waals surface area (Å²) in [6.07, 6.45) is 0. The predicted molar refractivity (Wildman–Crippen MR) is 74.6 cm³/mol. The Labute approximate surface area is 125 Å². The molecular formula is C15H8ClF2N3. The minimum Gasteiger partial charge on any atom is -0.380 e. The maximum Gasteiger partial charge on any atom is 0.132 e. The second-order valence-corrected chi connectivity index (χ2v) is 4.62. The largest absolute Gasteiger partial charge is 0.380 e. The van der Waals surface area contributed by atoms with Crippen molar-refractivity contribution in [3.8, 4) is 12.1 Å². The van der Waals surface area contributed by atoms with Crippen molar-refractivity contribution in [2.45, 2.75) is 6.54 Å². The van der Waals surface area contributed by atoms with Gasteiger partial charge in [0.15, 0.2) is 0 Å². The zero-order valence-electron chi connectivity index (χ0n) is 10.6. The molecule has 2 rings (SSSR count). The van der Waals surface area contributed by atoms with Gasteiger partial charge in [-0.25, -0.2) is 8.78 Å². The average Bonchev–Trinajstić information content (AvgIpc) is 2.46. The first-order chi connectivity index (χ1) is 10.0. The molecule has 0 aliphatic carbocycles. The molecular weight excluding hydrogens is 296 g/mol. The normalized spacial score (nSPS) is 9.76. The summed E-state index contributed by atoms with van der Waals surface area (Å²) < 4.78 is 27.5. The molecule has 0 heterocycles. The van der Waals surface area contributed by atoms with Crippen molar-refractivity contribution in [3.05, 3.63) is 63.7 Å². The first kappa shape index (κ1) is 14.8. The van der Waals surface area contributed by atoms with Gasteiger partial charge in [0.1, 0.15) is 17.7 Å². The van der Waals surface area contributed by atoms with Crippen LogP contribution in [0, 0.1) is 34.3 Å². The fourth-order valence-corrected chi connectivity index (χ4v) is 1.95. The van der Waals surface area contributed by atoms with Crippen LogP contribution in [0.3, 0.4) is 0 Å². The number of benzene rings is 2. The molecule has 6 heteroatoms. The Bertz CT molecular complexity index is 752. The van der Waals surface area contributed by atoms with Gasteiger partial charge < -0.3 is 5.32 Å². The van der Waals surface area contributed by atoms with Crippen LogP contribution >= 0.6 is 11.6 Å². The smallest absolute Gasteiger partial charge is 0.132 e. The summed E-state index contributed by atoms with van der Waals surface area (Å²) >= 11 is 5.82. The number of hydrogen-bond acceptors (Lipinski definition) is 3. The minimum atomic E-state index is -0.820. The molecule has 0 saturated heterocycles. The summed E-state index contributed by atoms with van der Waals surface area (Å²) in [5.74, 6) is -1.64. The number of anilines is 1. The highest BCUT2D eigenvalue weighted by Crippen LogP contribution is 2.22. The Balaban J connectivity index is 2.28. The number of nitriles is 2. The lowest BCUT2D eigenvalue weighted by atomic mass is 10.1. The molecule has 0 radical (unpaired) electrons. The Hall–Kier alpha value is -2.63. The van der Waals surface area contributed by atoms with E-state index in [1.807, 2.05) is 6.07 Å². The summed E-state index contributed by atoms with van der Waals surface area (Å²) in [7, 11) is 0. The van der Waals surface area contributed by atoms with Gasteiger partial charge in [-0.1, -0.05) is 11.6 Å². The highest BCUT2D eigenvalue weighted by Gasteiger charge is 2.12. The Morgan fingerprint density at radius 3 is 2.29 bits per heavy atom. The summed E-state index contributed by atoms with van der Waals surface area (Å²) in [4.78, 5) is 0. The highest BCUT2D eigenvalue weighted by atomic mass is 35.5. The summed E-state index contributed by atoms with van der Waals surface area (Å²) in [6.45, 7) is -0.168. The van der Waals surface area contributed by atoms with Crippen molar-refractivity contribution in [2.24, 2.45) is 0 Å². The molecule has 0 bridgehead atoms. The number of nitrogens with zero attached hydrogens (tertiary/aromatic N) is 2. The maximum absolute atomic E-state index is 13.7. The van der Waals surface area contributed by atoms with E-state index in [1.165, 1.54) is 12.1 Å². The summed E-state index contributed by atoms with van der Waals surface area (Å²) in [6, 6.07) is 10.1. The maximum atomic E-state index is 13.7. The summed E-state index contributed by atoms with van der Waals surface area (Å²) in [5, 5.41) is 20.8. The third-order valence-electron chi connectivity index (χ3n) is 2.83. The fourth-order valence-electron chi connectivity index (χ4n) is 1.78. The van der Waals surface area contributed by atoms with E-state index in [2.05, 4.69) is 5.32 Å². The van der Waals surface area contributed by atoms with Crippen LogP contribution in [0.15, 0.2) is 30.3 Å². The Morgan fingerprint density at radius 1 is 1.05 bits per heavy atom. The van der Waals surface area contributed by atoms with Crippen molar-refractivity contribution in [3.63, 3.8) is 0 Å². The van der Waals surface area contributed by atoms with E-state index in [4.69, 9.17) is 22.1 Å². The van der Waals surface area contributed by atoms with E-state index in [0.717, 1.165) is 12.1 Å². The van der Waals surface area contributed by atoms with Gasteiger partial charge in [-0.15, -0.1) is 0 Å². The van der Waals surface area contributed by atoms with Crippen molar-refractivity contribution in [2.75, 3.05) is 5.32 Å². The lowest BCUT2D eigenvalue weighted by molar-refractivity contribution is 0.559. The molecule has 0 amide bonds. The van der Waals surface area contributed by atoms with Gasteiger partial charge in [0.05, 0.1) is 22.9 Å². The molecule has 3 nitrogen and oxygen atoms in total. The van der Waals surface area contributed by atoms with Crippen molar-refractivity contribution >= 4 is 17.3 Å². The molecule has 0 aromatic heterocycles. The molecule has 2 aromatic rings. The van der Waals surface area contributed by atoms with E-state index in [0.29, 0.717) is 16.3 Å². The third kappa shape index (κ3) is 3.28. The molecule has 0 fully saturated rings. The lowest BCUT2D eigenvalue weighted by Gasteiger charge is -2.10. The fraction of sp³-hybridized carbons (Fsp3) is 0.0667. The first-order valence-corrected chi connectivity index (χ1v) is 6.24. The van der Waals surface area contributed by atoms with E-state index >= 15 is 0 Å². The van der Waals surface area contributed by atoms with Gasteiger partial charge in [0.2, 0.25) is 0 Å². The minimum absolute atomic E-state index is 0.0887. The molecule has 21 heavy (non-hydrogen) atoms. The van der Waals surface area contributed by atoms with Crippen LogP contribution in [0.2, 0.25) is 5.02 Å². The third-order valence-corrected chi connectivity index (χ3v) is 3.06. The van der Waals surface area contributed by atoms with Gasteiger partial charge in [0, 0.05) is 17.1 Å². The summed E-state index contributed by atoms with van der Waals surface area (Å²) in [5.41, 5.74) is 0.397. The van der Waals surface area contributed by atoms with E-state index in [-0.39, 0.29) is 17.7 Å².